The lowest BCUT2D eigenvalue weighted by Crippen LogP contribution is -2.29. The van der Waals surface area contributed by atoms with E-state index in [1.807, 2.05) is 83.8 Å². The fourth-order valence-corrected chi connectivity index (χ4v) is 4.71. The van der Waals surface area contributed by atoms with E-state index in [4.69, 9.17) is 33.0 Å². The molecule has 1 amide bonds. The summed E-state index contributed by atoms with van der Waals surface area (Å²) in [6.45, 7) is -0.00976. The molecule has 36 heavy (non-hydrogen) atoms. The van der Waals surface area contributed by atoms with Gasteiger partial charge in [0.2, 0.25) is 5.91 Å². The van der Waals surface area contributed by atoms with E-state index in [1.54, 1.807) is 6.20 Å². The van der Waals surface area contributed by atoms with E-state index >= 15 is 0 Å². The fourth-order valence-electron chi connectivity index (χ4n) is 4.24. The second-order valence-corrected chi connectivity index (χ2v) is 9.06. The number of benzene rings is 2. The number of carbonyl (C=O) groups excluding carboxylic acids is 1. The molecule has 0 unspecified atom stereocenters. The minimum atomic E-state index is -0.289. The quantitative estimate of drug-likeness (QED) is 0.301. The Morgan fingerprint density at radius 1 is 1.11 bits per heavy atom. The molecule has 0 spiro atoms. The highest BCUT2D eigenvalue weighted by Gasteiger charge is 2.42. The predicted molar refractivity (Wildman–Crippen MR) is 144 cm³/mol. The molecule has 9 heteroatoms. The number of hydrogen-bond donors (Lipinski definition) is 2. The predicted octanol–water partition coefficient (Wildman–Crippen LogP) is 5.76. The molecule has 0 saturated carbocycles. The zero-order valence-electron chi connectivity index (χ0n) is 19.4. The molecular weight excluding hydrogens is 496 g/mol. The average Bonchev–Trinajstić information content (AvgIpc) is 3.50. The number of nitrogens with one attached hydrogen (secondary N) is 2. The number of halogens is 1. The summed E-state index contributed by atoms with van der Waals surface area (Å²) < 4.78 is 11.2. The first-order valence-electron chi connectivity index (χ1n) is 11.3. The highest BCUT2D eigenvalue weighted by atomic mass is 35.5. The van der Waals surface area contributed by atoms with E-state index in [0.29, 0.717) is 15.8 Å². The first-order chi connectivity index (χ1) is 17.5. The van der Waals surface area contributed by atoms with E-state index in [2.05, 4.69) is 15.6 Å². The van der Waals surface area contributed by atoms with Crippen molar-refractivity contribution >= 4 is 46.2 Å². The molecule has 0 radical (unpaired) electrons. The van der Waals surface area contributed by atoms with Crippen LogP contribution in [0.5, 0.6) is 0 Å². The lowest BCUT2D eigenvalue weighted by molar-refractivity contribution is -0.119. The van der Waals surface area contributed by atoms with Gasteiger partial charge in [-0.2, -0.15) is 0 Å². The number of anilines is 2. The maximum absolute atomic E-state index is 11.9. The number of pyridine rings is 1. The third-order valence-corrected chi connectivity index (χ3v) is 6.42. The van der Waals surface area contributed by atoms with Crippen LogP contribution < -0.4 is 15.5 Å². The minimum Gasteiger partial charge on any atom is -0.459 e. The van der Waals surface area contributed by atoms with Crippen molar-refractivity contribution in [2.45, 2.75) is 12.1 Å². The summed E-state index contributed by atoms with van der Waals surface area (Å²) in [5.41, 5.74) is 3.29. The second-order valence-electron chi connectivity index (χ2n) is 8.23. The molecule has 0 aliphatic carbocycles. The lowest BCUT2D eigenvalue weighted by atomic mass is 10.0. The Morgan fingerprint density at radius 3 is 2.58 bits per heavy atom. The molecular formula is C27H23ClN4O3S. The van der Waals surface area contributed by atoms with Gasteiger partial charge in [-0.15, -0.1) is 0 Å². The molecule has 0 bridgehead atoms. The summed E-state index contributed by atoms with van der Waals surface area (Å²) in [5.74, 6) is 1.25. The molecule has 3 heterocycles. The number of amides is 1. The van der Waals surface area contributed by atoms with E-state index in [0.717, 1.165) is 28.5 Å². The lowest BCUT2D eigenvalue weighted by Gasteiger charge is -2.26. The smallest absolute Gasteiger partial charge is 0.250 e. The standard InChI is InChI=1S/C27H23ClN4O3S/c1-34-16-24(33)30-19-9-11-20(12-10-19)32-26(25(31-27(32)36)21-4-2-3-15-29-21)23-14-13-22(35-23)17-5-7-18(28)8-6-17/h2-15,25-26H,16H2,1H3,(H,30,33)(H,31,36)/t25-,26+/m1/s1. The van der Waals surface area contributed by atoms with Gasteiger partial charge in [0.15, 0.2) is 5.11 Å². The number of furan rings is 1. The van der Waals surface area contributed by atoms with E-state index in [1.165, 1.54) is 7.11 Å². The topological polar surface area (TPSA) is 79.6 Å². The Morgan fingerprint density at radius 2 is 1.89 bits per heavy atom. The molecule has 1 aliphatic rings. The Labute approximate surface area is 219 Å². The van der Waals surface area contributed by atoms with Crippen LogP contribution in [-0.2, 0) is 9.53 Å². The first kappa shape index (κ1) is 24.0. The Bertz CT molecular complexity index is 1360. The number of methoxy groups -OCH3 is 1. The van der Waals surface area contributed by atoms with Gasteiger partial charge in [0.25, 0.3) is 0 Å². The summed E-state index contributed by atoms with van der Waals surface area (Å²) in [5, 5.41) is 7.44. The number of carbonyl (C=O) groups is 1. The zero-order valence-corrected chi connectivity index (χ0v) is 20.9. The molecule has 2 aromatic heterocycles. The summed E-state index contributed by atoms with van der Waals surface area (Å²) in [6.07, 6.45) is 1.76. The number of rotatable bonds is 7. The molecule has 182 valence electrons. The Hall–Kier alpha value is -3.72. The van der Waals surface area contributed by atoms with Crippen molar-refractivity contribution in [3.8, 4) is 11.3 Å². The highest BCUT2D eigenvalue weighted by Crippen LogP contribution is 2.43. The third kappa shape index (κ3) is 4.97. The fraction of sp³-hybridized carbons (Fsp3) is 0.148. The number of nitrogens with zero attached hydrogens (tertiary/aromatic N) is 2. The van der Waals surface area contributed by atoms with Crippen LogP contribution in [0.4, 0.5) is 11.4 Å². The molecule has 1 fully saturated rings. The Kier molecular flexibility index (Phi) is 6.99. The molecule has 7 nitrogen and oxygen atoms in total. The van der Waals surface area contributed by atoms with Crippen LogP contribution in [0.3, 0.4) is 0 Å². The van der Waals surface area contributed by atoms with Gasteiger partial charge in [0.1, 0.15) is 24.2 Å². The second kappa shape index (κ2) is 10.5. The van der Waals surface area contributed by atoms with Gasteiger partial charge in [-0.1, -0.05) is 17.7 Å². The van der Waals surface area contributed by atoms with Crippen LogP contribution in [-0.4, -0.2) is 29.7 Å². The molecule has 2 atom stereocenters. The highest BCUT2D eigenvalue weighted by molar-refractivity contribution is 7.80. The van der Waals surface area contributed by atoms with Crippen molar-refractivity contribution in [3.05, 3.63) is 102 Å². The zero-order chi connectivity index (χ0) is 25.1. The van der Waals surface area contributed by atoms with Gasteiger partial charge >= 0.3 is 0 Å². The maximum atomic E-state index is 11.9. The van der Waals surface area contributed by atoms with E-state index in [9.17, 15) is 4.79 Å². The number of thiocarbonyl (C=S) groups is 1. The van der Waals surface area contributed by atoms with Gasteiger partial charge in [-0.05, 0) is 85.0 Å². The van der Waals surface area contributed by atoms with Crippen LogP contribution in [0.25, 0.3) is 11.3 Å². The minimum absolute atomic E-state index is 0.00976. The van der Waals surface area contributed by atoms with Crippen LogP contribution in [0.1, 0.15) is 23.5 Å². The first-order valence-corrected chi connectivity index (χ1v) is 12.1. The number of aromatic nitrogens is 1. The van der Waals surface area contributed by atoms with E-state index in [-0.39, 0.29) is 24.6 Å². The number of ether oxygens (including phenoxy) is 1. The molecule has 2 N–H and O–H groups in total. The molecule has 1 saturated heterocycles. The van der Waals surface area contributed by atoms with Gasteiger partial charge in [0, 0.05) is 35.3 Å². The van der Waals surface area contributed by atoms with Crippen molar-refractivity contribution in [2.75, 3.05) is 23.9 Å². The molecule has 5 rings (SSSR count). The largest absolute Gasteiger partial charge is 0.459 e. The SMILES string of the molecule is COCC(=O)Nc1ccc(N2C(=S)N[C@H](c3ccccn3)[C@@H]2c2ccc(-c3ccc(Cl)cc3)o2)cc1. The molecule has 1 aliphatic heterocycles. The number of hydrogen-bond acceptors (Lipinski definition) is 5. The summed E-state index contributed by atoms with van der Waals surface area (Å²) >= 11 is 11.8. The summed E-state index contributed by atoms with van der Waals surface area (Å²) in [6, 6.07) is 24.2. The van der Waals surface area contributed by atoms with Crippen molar-refractivity contribution < 1.29 is 13.9 Å². The summed E-state index contributed by atoms with van der Waals surface area (Å²) in [4.78, 5) is 18.5. The average molecular weight is 519 g/mol. The van der Waals surface area contributed by atoms with Crippen LogP contribution in [0.2, 0.25) is 5.02 Å². The van der Waals surface area contributed by atoms with Gasteiger partial charge < -0.3 is 24.7 Å². The van der Waals surface area contributed by atoms with Gasteiger partial charge in [-0.25, -0.2) is 0 Å². The van der Waals surface area contributed by atoms with Gasteiger partial charge in [0.05, 0.1) is 11.7 Å². The summed E-state index contributed by atoms with van der Waals surface area (Å²) in [7, 11) is 1.48. The Balaban J connectivity index is 1.50. The monoisotopic (exact) mass is 518 g/mol. The van der Waals surface area contributed by atoms with Crippen LogP contribution >= 0.6 is 23.8 Å². The van der Waals surface area contributed by atoms with Crippen molar-refractivity contribution in [1.29, 1.82) is 0 Å². The van der Waals surface area contributed by atoms with E-state index < -0.39 is 0 Å². The van der Waals surface area contributed by atoms with Crippen LogP contribution in [0, 0.1) is 0 Å². The van der Waals surface area contributed by atoms with Crippen LogP contribution in [0.15, 0.2) is 89.5 Å². The van der Waals surface area contributed by atoms with Crippen molar-refractivity contribution in [3.63, 3.8) is 0 Å². The third-order valence-electron chi connectivity index (χ3n) is 5.85. The van der Waals surface area contributed by atoms with Crippen molar-refractivity contribution in [2.24, 2.45) is 0 Å². The maximum Gasteiger partial charge on any atom is 0.250 e. The van der Waals surface area contributed by atoms with Crippen molar-refractivity contribution in [1.82, 2.24) is 10.3 Å². The molecule has 2 aromatic carbocycles. The molecule has 4 aromatic rings. The van der Waals surface area contributed by atoms with Gasteiger partial charge in [-0.3, -0.25) is 9.78 Å². The normalized spacial score (nSPS) is 17.2.